The topological polar surface area (TPSA) is 110 Å². The Kier molecular flexibility index (Phi) is 7.70. The molecule has 1 fully saturated rings. The van der Waals surface area contributed by atoms with Gasteiger partial charge in [-0.2, -0.15) is 19.0 Å². The third-order valence-electron chi connectivity index (χ3n) is 6.32. The molecule has 1 N–H and O–H groups in total. The van der Waals surface area contributed by atoms with Crippen LogP contribution in [0.15, 0.2) is 49.1 Å². The van der Waals surface area contributed by atoms with E-state index in [4.69, 9.17) is 16.3 Å². The first-order valence-corrected chi connectivity index (χ1v) is 12.5. The quantitative estimate of drug-likeness (QED) is 0.371. The number of ether oxygens (including phenoxy) is 1. The van der Waals surface area contributed by atoms with Crippen LogP contribution in [0.4, 0.5) is 14.5 Å². The number of rotatable bonds is 7. The first kappa shape index (κ1) is 26.5. The molecule has 0 saturated carbocycles. The van der Waals surface area contributed by atoms with Crippen LogP contribution >= 0.6 is 11.6 Å². The van der Waals surface area contributed by atoms with Gasteiger partial charge in [0.05, 0.1) is 11.9 Å². The fraction of sp³-hybridized carbons (Fsp3) is 0.320. The summed E-state index contributed by atoms with van der Waals surface area (Å²) in [5.74, 6) is -0.890. The molecule has 0 unspecified atom stereocenters. The summed E-state index contributed by atoms with van der Waals surface area (Å²) in [6, 6.07) is 5.78. The fourth-order valence-electron chi connectivity index (χ4n) is 4.39. The molecule has 39 heavy (non-hydrogen) atoms. The van der Waals surface area contributed by atoms with Crippen molar-refractivity contribution in [2.75, 3.05) is 38.5 Å². The van der Waals surface area contributed by atoms with Gasteiger partial charge in [0.15, 0.2) is 5.65 Å². The molecule has 14 heteroatoms. The Labute approximate surface area is 226 Å². The van der Waals surface area contributed by atoms with Gasteiger partial charge in [0.2, 0.25) is 5.91 Å². The van der Waals surface area contributed by atoms with Crippen LogP contribution in [0, 0.1) is 0 Å². The number of amides is 2. The van der Waals surface area contributed by atoms with E-state index in [1.807, 2.05) is 7.05 Å². The number of benzene rings is 1. The maximum Gasteiger partial charge on any atom is 0.387 e. The molecular weight excluding hydrogens is 534 g/mol. The minimum absolute atomic E-state index is 0.106. The second-order valence-corrected chi connectivity index (χ2v) is 9.48. The Morgan fingerprint density at radius 1 is 1.21 bits per heavy atom. The van der Waals surface area contributed by atoms with Crippen LogP contribution in [0.25, 0.3) is 16.9 Å². The lowest BCUT2D eigenvalue weighted by molar-refractivity contribution is -0.131. The number of nitrogens with one attached hydrogen (secondary N) is 1. The SMILES string of the molecule is CN1CCCN(C(=O)Cn2cc(NC(=O)c3cnn4cccnc34)c(-c3cc(Cl)ccc3OC(F)F)n2)CC1. The van der Waals surface area contributed by atoms with Crippen molar-refractivity contribution in [2.45, 2.75) is 19.6 Å². The molecule has 1 saturated heterocycles. The zero-order valence-corrected chi connectivity index (χ0v) is 21.7. The Balaban J connectivity index is 1.49. The van der Waals surface area contributed by atoms with Crippen molar-refractivity contribution in [3.63, 3.8) is 0 Å². The molecule has 3 aromatic heterocycles. The van der Waals surface area contributed by atoms with E-state index in [1.165, 1.54) is 46.0 Å². The van der Waals surface area contributed by atoms with Crippen molar-refractivity contribution < 1.29 is 23.1 Å². The normalized spacial score (nSPS) is 14.5. The zero-order valence-electron chi connectivity index (χ0n) is 20.9. The van der Waals surface area contributed by atoms with Gasteiger partial charge in [-0.3, -0.25) is 14.3 Å². The predicted molar refractivity (Wildman–Crippen MR) is 139 cm³/mol. The van der Waals surface area contributed by atoms with E-state index in [-0.39, 0.29) is 45.7 Å². The number of anilines is 1. The van der Waals surface area contributed by atoms with Crippen LogP contribution in [0.1, 0.15) is 16.8 Å². The summed E-state index contributed by atoms with van der Waals surface area (Å²) in [6.45, 7) is -0.374. The standard InChI is InChI=1S/C25H25ClF2N8O3/c1-33-7-3-8-34(11-10-33)21(37)15-35-14-19(31-24(38)18-13-30-36-9-2-6-29-23(18)36)22(32-35)17-12-16(26)4-5-20(17)39-25(27)28/h2,4-6,9,12-14,25H,3,7-8,10-11,15H2,1H3,(H,31,38). The average molecular weight is 559 g/mol. The fourth-order valence-corrected chi connectivity index (χ4v) is 4.56. The maximum absolute atomic E-state index is 13.3. The summed E-state index contributed by atoms with van der Waals surface area (Å²) < 4.78 is 33.9. The number of aromatic nitrogens is 5. The second kappa shape index (κ2) is 11.3. The van der Waals surface area contributed by atoms with Crippen molar-refractivity contribution in [3.05, 3.63) is 59.6 Å². The highest BCUT2D eigenvalue weighted by molar-refractivity contribution is 6.31. The highest BCUT2D eigenvalue weighted by atomic mass is 35.5. The van der Waals surface area contributed by atoms with Crippen LogP contribution in [0.2, 0.25) is 5.02 Å². The molecule has 5 rings (SSSR count). The van der Waals surface area contributed by atoms with Crippen LogP contribution in [0.5, 0.6) is 5.75 Å². The Morgan fingerprint density at radius 3 is 2.87 bits per heavy atom. The van der Waals surface area contributed by atoms with Gasteiger partial charge < -0.3 is 19.9 Å². The number of likely N-dealkylation sites (N-methyl/N-ethyl adjacent to an activating group) is 1. The summed E-state index contributed by atoms with van der Waals surface area (Å²) in [5.41, 5.74) is 0.914. The van der Waals surface area contributed by atoms with Gasteiger partial charge >= 0.3 is 6.61 Å². The van der Waals surface area contributed by atoms with Crippen LogP contribution in [-0.2, 0) is 11.3 Å². The number of carbonyl (C=O) groups excluding carboxylic acids is 2. The molecule has 1 aliphatic heterocycles. The lowest BCUT2D eigenvalue weighted by Gasteiger charge is -2.20. The molecule has 4 aromatic rings. The van der Waals surface area contributed by atoms with E-state index < -0.39 is 12.5 Å². The van der Waals surface area contributed by atoms with Gasteiger partial charge in [0.25, 0.3) is 5.91 Å². The lowest BCUT2D eigenvalue weighted by atomic mass is 10.1. The maximum atomic E-state index is 13.3. The first-order chi connectivity index (χ1) is 18.8. The van der Waals surface area contributed by atoms with Crippen LogP contribution in [-0.4, -0.2) is 85.8 Å². The summed E-state index contributed by atoms with van der Waals surface area (Å²) in [6.07, 6.45) is 6.87. The highest BCUT2D eigenvalue weighted by Gasteiger charge is 2.24. The molecular formula is C25H25ClF2N8O3. The molecule has 1 aliphatic rings. The monoisotopic (exact) mass is 558 g/mol. The molecule has 0 bridgehead atoms. The molecule has 0 radical (unpaired) electrons. The summed E-state index contributed by atoms with van der Waals surface area (Å²) >= 11 is 6.18. The zero-order chi connectivity index (χ0) is 27.5. The Morgan fingerprint density at radius 2 is 2.05 bits per heavy atom. The highest BCUT2D eigenvalue weighted by Crippen LogP contribution is 2.37. The second-order valence-electron chi connectivity index (χ2n) is 9.05. The average Bonchev–Trinajstić information content (AvgIpc) is 3.43. The van der Waals surface area contributed by atoms with Gasteiger partial charge in [-0.15, -0.1) is 0 Å². The predicted octanol–water partition coefficient (Wildman–Crippen LogP) is 3.26. The largest absolute Gasteiger partial charge is 0.434 e. The first-order valence-electron chi connectivity index (χ1n) is 12.2. The number of alkyl halides is 2. The van der Waals surface area contributed by atoms with E-state index in [1.54, 1.807) is 17.2 Å². The molecule has 4 heterocycles. The lowest BCUT2D eigenvalue weighted by Crippen LogP contribution is -2.36. The van der Waals surface area contributed by atoms with Crippen molar-refractivity contribution >= 4 is 34.7 Å². The van der Waals surface area contributed by atoms with E-state index in [9.17, 15) is 18.4 Å². The molecule has 0 aliphatic carbocycles. The van der Waals surface area contributed by atoms with Crippen LogP contribution in [0.3, 0.4) is 0 Å². The van der Waals surface area contributed by atoms with Crippen molar-refractivity contribution in [3.8, 4) is 17.0 Å². The van der Waals surface area contributed by atoms with Crippen molar-refractivity contribution in [1.29, 1.82) is 0 Å². The van der Waals surface area contributed by atoms with E-state index in [2.05, 4.69) is 25.4 Å². The van der Waals surface area contributed by atoms with E-state index in [0.717, 1.165) is 19.5 Å². The minimum atomic E-state index is -3.10. The van der Waals surface area contributed by atoms with Gasteiger partial charge in [0, 0.05) is 48.8 Å². The molecule has 11 nitrogen and oxygen atoms in total. The van der Waals surface area contributed by atoms with Crippen LogP contribution < -0.4 is 10.1 Å². The summed E-state index contributed by atoms with van der Waals surface area (Å²) in [7, 11) is 2.01. The number of halogens is 3. The van der Waals surface area contributed by atoms with Gasteiger partial charge in [0.1, 0.15) is 23.6 Å². The molecule has 2 amide bonds. The number of hydrogen-bond acceptors (Lipinski definition) is 7. The van der Waals surface area contributed by atoms with E-state index >= 15 is 0 Å². The molecule has 1 aromatic carbocycles. The summed E-state index contributed by atoms with van der Waals surface area (Å²) in [5, 5.41) is 11.6. The Hall–Kier alpha value is -4.10. The molecule has 0 spiro atoms. The minimum Gasteiger partial charge on any atom is -0.434 e. The molecule has 204 valence electrons. The van der Waals surface area contributed by atoms with Gasteiger partial charge in [-0.1, -0.05) is 11.6 Å². The van der Waals surface area contributed by atoms with E-state index in [0.29, 0.717) is 18.7 Å². The van der Waals surface area contributed by atoms with Gasteiger partial charge in [-0.25, -0.2) is 9.50 Å². The number of carbonyl (C=O) groups is 2. The Bertz CT molecular complexity index is 1510. The van der Waals surface area contributed by atoms with Crippen molar-refractivity contribution in [1.82, 2.24) is 34.2 Å². The number of fused-ring (bicyclic) bond motifs is 1. The summed E-state index contributed by atoms with van der Waals surface area (Å²) in [4.78, 5) is 34.5. The number of nitrogens with zero attached hydrogens (tertiary/aromatic N) is 7. The third kappa shape index (κ3) is 5.99. The molecule has 0 atom stereocenters. The third-order valence-corrected chi connectivity index (χ3v) is 6.55. The smallest absolute Gasteiger partial charge is 0.387 e. The van der Waals surface area contributed by atoms with Gasteiger partial charge in [-0.05, 0) is 44.3 Å². The van der Waals surface area contributed by atoms with Crippen molar-refractivity contribution in [2.24, 2.45) is 0 Å². The number of hydrogen-bond donors (Lipinski definition) is 1.